The first-order valence-electron chi connectivity index (χ1n) is 6.85. The van der Waals surface area contributed by atoms with Crippen LogP contribution in [0.4, 0.5) is 5.69 Å². The van der Waals surface area contributed by atoms with E-state index in [2.05, 4.69) is 0 Å². The van der Waals surface area contributed by atoms with E-state index in [4.69, 9.17) is 4.74 Å². The molecule has 2 atom stereocenters. The first kappa shape index (κ1) is 13.1. The summed E-state index contributed by atoms with van der Waals surface area (Å²) in [6.07, 6.45) is 2.64. The molecule has 106 valence electrons. The van der Waals surface area contributed by atoms with Crippen LogP contribution in [0.3, 0.4) is 0 Å². The molecular formula is C14H16N2O4. The van der Waals surface area contributed by atoms with Crippen molar-refractivity contribution in [2.45, 2.75) is 31.5 Å². The van der Waals surface area contributed by atoms with Crippen LogP contribution in [0.2, 0.25) is 0 Å². The van der Waals surface area contributed by atoms with Crippen molar-refractivity contribution in [2.75, 3.05) is 13.1 Å². The Morgan fingerprint density at radius 3 is 2.45 bits per heavy atom. The predicted molar refractivity (Wildman–Crippen MR) is 71.1 cm³/mol. The van der Waals surface area contributed by atoms with Crippen molar-refractivity contribution >= 4 is 11.6 Å². The third kappa shape index (κ3) is 2.51. The quantitative estimate of drug-likeness (QED) is 0.481. The van der Waals surface area contributed by atoms with Crippen LogP contribution in [0, 0.1) is 10.1 Å². The van der Waals surface area contributed by atoms with Gasteiger partial charge in [-0.3, -0.25) is 14.9 Å². The number of piperidine rings is 1. The molecule has 2 saturated heterocycles. The number of carbonyl (C=O) groups is 1. The third-order valence-corrected chi connectivity index (χ3v) is 3.84. The van der Waals surface area contributed by atoms with Gasteiger partial charge in [0, 0.05) is 25.2 Å². The van der Waals surface area contributed by atoms with Gasteiger partial charge >= 0.3 is 0 Å². The highest BCUT2D eigenvalue weighted by molar-refractivity contribution is 5.84. The minimum Gasteiger partial charge on any atom is -0.354 e. The molecule has 0 saturated carbocycles. The molecule has 1 aromatic carbocycles. The zero-order valence-corrected chi connectivity index (χ0v) is 11.0. The Bertz CT molecular complexity index is 522. The molecule has 0 spiro atoms. The minimum atomic E-state index is -0.437. The van der Waals surface area contributed by atoms with Crippen LogP contribution < -0.4 is 0 Å². The standard InChI is InChI=1S/C14H16N2O4/c17-14(15-8-2-1-3-9-15)13-12(20-13)10-4-6-11(7-5-10)16(18)19/h4-7,12-13H,1-3,8-9H2/t12-,13+/m0/s1. The number of epoxide rings is 1. The van der Waals surface area contributed by atoms with Gasteiger partial charge in [-0.15, -0.1) is 0 Å². The number of hydrogen-bond acceptors (Lipinski definition) is 4. The fraction of sp³-hybridized carbons (Fsp3) is 0.500. The van der Waals surface area contributed by atoms with Crippen molar-refractivity contribution in [1.29, 1.82) is 0 Å². The molecule has 2 fully saturated rings. The number of ether oxygens (including phenoxy) is 1. The van der Waals surface area contributed by atoms with Gasteiger partial charge in [0.05, 0.1) is 4.92 Å². The fourth-order valence-electron chi connectivity index (χ4n) is 2.63. The molecule has 3 rings (SSSR count). The first-order chi connectivity index (χ1) is 9.66. The maximum Gasteiger partial charge on any atom is 0.269 e. The van der Waals surface area contributed by atoms with Crippen LogP contribution in [0.1, 0.15) is 30.9 Å². The van der Waals surface area contributed by atoms with Crippen molar-refractivity contribution in [3.63, 3.8) is 0 Å². The van der Waals surface area contributed by atoms with Crippen molar-refractivity contribution in [2.24, 2.45) is 0 Å². The van der Waals surface area contributed by atoms with E-state index in [1.54, 1.807) is 12.1 Å². The molecule has 0 radical (unpaired) electrons. The van der Waals surface area contributed by atoms with Gasteiger partial charge in [0.1, 0.15) is 6.10 Å². The Labute approximate surface area is 116 Å². The Kier molecular flexibility index (Phi) is 3.40. The van der Waals surface area contributed by atoms with Crippen LogP contribution in [-0.4, -0.2) is 34.9 Å². The molecule has 1 aromatic rings. The SMILES string of the molecule is O=C([C@@H]1O[C@H]1c1ccc([N+](=O)[O-])cc1)N1CCCCC1. The van der Waals surface area contributed by atoms with Crippen LogP contribution in [0.15, 0.2) is 24.3 Å². The second-order valence-corrected chi connectivity index (χ2v) is 5.21. The molecule has 2 aliphatic heterocycles. The Balaban J connectivity index is 1.63. The van der Waals surface area contributed by atoms with E-state index < -0.39 is 11.0 Å². The summed E-state index contributed by atoms with van der Waals surface area (Å²) in [6, 6.07) is 6.21. The molecule has 0 unspecified atom stereocenters. The Morgan fingerprint density at radius 1 is 1.20 bits per heavy atom. The van der Waals surface area contributed by atoms with E-state index in [-0.39, 0.29) is 17.7 Å². The van der Waals surface area contributed by atoms with Gasteiger partial charge in [-0.2, -0.15) is 0 Å². The number of amides is 1. The van der Waals surface area contributed by atoms with Gasteiger partial charge in [0.2, 0.25) is 0 Å². The number of carbonyl (C=O) groups excluding carboxylic acids is 1. The van der Waals surface area contributed by atoms with Gasteiger partial charge in [0.25, 0.3) is 11.6 Å². The van der Waals surface area contributed by atoms with E-state index >= 15 is 0 Å². The lowest BCUT2D eigenvalue weighted by Gasteiger charge is -2.26. The maximum absolute atomic E-state index is 12.2. The summed E-state index contributed by atoms with van der Waals surface area (Å²) in [5, 5.41) is 10.6. The minimum absolute atomic E-state index is 0.0491. The molecule has 6 heteroatoms. The van der Waals surface area contributed by atoms with E-state index in [1.807, 2.05) is 4.90 Å². The zero-order valence-electron chi connectivity index (χ0n) is 11.0. The van der Waals surface area contributed by atoms with Gasteiger partial charge in [-0.05, 0) is 37.0 Å². The summed E-state index contributed by atoms with van der Waals surface area (Å²) >= 11 is 0. The zero-order chi connectivity index (χ0) is 14.1. The topological polar surface area (TPSA) is 76.0 Å². The molecule has 6 nitrogen and oxygen atoms in total. The number of hydrogen-bond donors (Lipinski definition) is 0. The fourth-order valence-corrected chi connectivity index (χ4v) is 2.63. The number of nitrogens with zero attached hydrogens (tertiary/aromatic N) is 2. The number of non-ortho nitro benzene ring substituents is 1. The summed E-state index contributed by atoms with van der Waals surface area (Å²) in [7, 11) is 0. The van der Waals surface area contributed by atoms with Crippen LogP contribution >= 0.6 is 0 Å². The van der Waals surface area contributed by atoms with Crippen molar-refractivity contribution in [1.82, 2.24) is 4.90 Å². The van der Waals surface area contributed by atoms with E-state index in [9.17, 15) is 14.9 Å². The second-order valence-electron chi connectivity index (χ2n) is 5.21. The Hall–Kier alpha value is -1.95. The number of likely N-dealkylation sites (tertiary alicyclic amines) is 1. The number of nitro benzene ring substituents is 1. The summed E-state index contributed by atoms with van der Waals surface area (Å²) in [6.45, 7) is 1.62. The van der Waals surface area contributed by atoms with Gasteiger partial charge in [-0.25, -0.2) is 0 Å². The molecule has 0 N–H and O–H groups in total. The molecule has 2 heterocycles. The number of benzene rings is 1. The average Bonchev–Trinajstić information content (AvgIpc) is 3.28. The lowest BCUT2D eigenvalue weighted by atomic mass is 10.1. The summed E-state index contributed by atoms with van der Waals surface area (Å²) in [5.74, 6) is 0.0491. The monoisotopic (exact) mass is 276 g/mol. The van der Waals surface area contributed by atoms with E-state index in [0.29, 0.717) is 0 Å². The molecular weight excluding hydrogens is 260 g/mol. The van der Waals surface area contributed by atoms with E-state index in [1.165, 1.54) is 18.6 Å². The lowest BCUT2D eigenvalue weighted by Crippen LogP contribution is -2.38. The maximum atomic E-state index is 12.2. The Morgan fingerprint density at radius 2 is 1.85 bits per heavy atom. The smallest absolute Gasteiger partial charge is 0.269 e. The molecule has 0 aliphatic carbocycles. The lowest BCUT2D eigenvalue weighted by molar-refractivity contribution is -0.384. The number of rotatable bonds is 3. The summed E-state index contributed by atoms with van der Waals surface area (Å²) in [4.78, 5) is 24.2. The van der Waals surface area contributed by atoms with Crippen molar-refractivity contribution in [3.8, 4) is 0 Å². The largest absolute Gasteiger partial charge is 0.354 e. The highest BCUT2D eigenvalue weighted by atomic mass is 16.6. The van der Waals surface area contributed by atoms with Crippen LogP contribution in [-0.2, 0) is 9.53 Å². The van der Waals surface area contributed by atoms with Gasteiger partial charge in [-0.1, -0.05) is 0 Å². The molecule has 2 aliphatic rings. The predicted octanol–water partition coefficient (Wildman–Crippen LogP) is 2.05. The molecule has 0 aromatic heterocycles. The number of nitro groups is 1. The average molecular weight is 276 g/mol. The van der Waals surface area contributed by atoms with Gasteiger partial charge in [0.15, 0.2) is 6.10 Å². The highest BCUT2D eigenvalue weighted by Gasteiger charge is 2.48. The highest BCUT2D eigenvalue weighted by Crippen LogP contribution is 2.40. The van der Waals surface area contributed by atoms with E-state index in [0.717, 1.165) is 31.5 Å². The summed E-state index contributed by atoms with van der Waals surface area (Å²) in [5.41, 5.74) is 0.874. The molecule has 20 heavy (non-hydrogen) atoms. The first-order valence-corrected chi connectivity index (χ1v) is 6.85. The van der Waals surface area contributed by atoms with Gasteiger partial charge < -0.3 is 9.64 Å². The third-order valence-electron chi connectivity index (χ3n) is 3.84. The van der Waals surface area contributed by atoms with Crippen molar-refractivity contribution in [3.05, 3.63) is 39.9 Å². The normalized spacial score (nSPS) is 25.3. The van der Waals surface area contributed by atoms with Crippen LogP contribution in [0.5, 0.6) is 0 Å². The summed E-state index contributed by atoms with van der Waals surface area (Å²) < 4.78 is 5.46. The van der Waals surface area contributed by atoms with Crippen LogP contribution in [0.25, 0.3) is 0 Å². The second kappa shape index (κ2) is 5.20. The molecule has 0 bridgehead atoms. The van der Waals surface area contributed by atoms with Crippen molar-refractivity contribution < 1.29 is 14.5 Å². The molecule has 1 amide bonds.